The quantitative estimate of drug-likeness (QED) is 0.414. The Morgan fingerprint density at radius 2 is 1.75 bits per heavy atom. The summed E-state index contributed by atoms with van der Waals surface area (Å²) in [6, 6.07) is 15.1. The molecule has 5 heteroatoms. The van der Waals surface area contributed by atoms with Crippen LogP contribution in [0.2, 0.25) is 0 Å². The summed E-state index contributed by atoms with van der Waals surface area (Å²) >= 11 is 1.59. The van der Waals surface area contributed by atoms with E-state index >= 15 is 0 Å². The molecule has 4 nitrogen and oxygen atoms in total. The molecule has 2 heterocycles. The van der Waals surface area contributed by atoms with Gasteiger partial charge in [-0.2, -0.15) is 9.78 Å². The van der Waals surface area contributed by atoms with Gasteiger partial charge in [-0.15, -0.1) is 11.3 Å². The molecule has 4 aromatic rings. The Bertz CT molecular complexity index is 1290. The first kappa shape index (κ1) is 16.0. The minimum atomic E-state index is -0.111. The standard InChI is InChI=1S/C23H16N2O2S/c26-22-15-8-3-2-7-14(15)21-20-16(22)9-5-10-17(20)25(24-21)23(27)19-12-13-6-1-4-11-18(13)28-19/h2-3,5,7-10,12H,1,4,6,11H2. The van der Waals surface area contributed by atoms with Crippen molar-refractivity contribution in [2.45, 2.75) is 25.7 Å². The SMILES string of the molecule is O=C1c2ccccc2-c2nn(C(=O)c3cc4c(s3)CCCC4)c3cccc1c23. The van der Waals surface area contributed by atoms with Crippen LogP contribution in [-0.2, 0) is 12.8 Å². The molecule has 0 radical (unpaired) electrons. The highest BCUT2D eigenvalue weighted by Crippen LogP contribution is 2.39. The number of thiophene rings is 1. The maximum atomic E-state index is 13.4. The summed E-state index contributed by atoms with van der Waals surface area (Å²) in [6.07, 6.45) is 4.49. The number of ketones is 1. The van der Waals surface area contributed by atoms with E-state index in [4.69, 9.17) is 5.10 Å². The van der Waals surface area contributed by atoms with Crippen molar-refractivity contribution < 1.29 is 9.59 Å². The first-order valence-electron chi connectivity index (χ1n) is 9.54. The van der Waals surface area contributed by atoms with E-state index in [0.717, 1.165) is 34.4 Å². The van der Waals surface area contributed by atoms with E-state index < -0.39 is 0 Å². The van der Waals surface area contributed by atoms with Gasteiger partial charge in [0.2, 0.25) is 0 Å². The summed E-state index contributed by atoms with van der Waals surface area (Å²) in [5, 5.41) is 5.48. The van der Waals surface area contributed by atoms with Crippen LogP contribution >= 0.6 is 11.3 Å². The van der Waals surface area contributed by atoms with Gasteiger partial charge in [0.25, 0.3) is 5.91 Å². The van der Waals surface area contributed by atoms with E-state index in [9.17, 15) is 9.59 Å². The minimum absolute atomic E-state index is 0.00714. The maximum absolute atomic E-state index is 13.4. The molecular weight excluding hydrogens is 368 g/mol. The van der Waals surface area contributed by atoms with Crippen molar-refractivity contribution in [2.75, 3.05) is 0 Å². The number of carbonyl (C=O) groups excluding carboxylic acids is 2. The summed E-state index contributed by atoms with van der Waals surface area (Å²) in [7, 11) is 0. The first-order chi connectivity index (χ1) is 13.7. The molecule has 136 valence electrons. The first-order valence-corrected chi connectivity index (χ1v) is 10.4. The Morgan fingerprint density at radius 3 is 2.61 bits per heavy atom. The third-order valence-electron chi connectivity index (χ3n) is 5.78. The van der Waals surface area contributed by atoms with E-state index in [2.05, 4.69) is 0 Å². The van der Waals surface area contributed by atoms with Gasteiger partial charge in [0, 0.05) is 27.0 Å². The van der Waals surface area contributed by atoms with Gasteiger partial charge >= 0.3 is 0 Å². The molecule has 6 rings (SSSR count). The number of rotatable bonds is 1. The second-order valence-electron chi connectivity index (χ2n) is 7.41. The van der Waals surface area contributed by atoms with E-state index in [1.165, 1.54) is 28.0 Å². The highest BCUT2D eigenvalue weighted by molar-refractivity contribution is 7.14. The number of fused-ring (bicyclic) bond motifs is 3. The van der Waals surface area contributed by atoms with Crippen molar-refractivity contribution in [1.82, 2.24) is 9.78 Å². The van der Waals surface area contributed by atoms with Gasteiger partial charge < -0.3 is 0 Å². The molecule has 0 N–H and O–H groups in total. The molecule has 0 fully saturated rings. The number of aromatic nitrogens is 2. The molecule has 0 atom stereocenters. The molecule has 0 saturated heterocycles. The van der Waals surface area contributed by atoms with Gasteiger partial charge in [-0.05, 0) is 43.4 Å². The summed E-state index contributed by atoms with van der Waals surface area (Å²) < 4.78 is 1.49. The number of hydrogen-bond acceptors (Lipinski definition) is 4. The highest BCUT2D eigenvalue weighted by Gasteiger charge is 2.30. The van der Waals surface area contributed by atoms with Crippen molar-refractivity contribution >= 4 is 33.9 Å². The van der Waals surface area contributed by atoms with Crippen LogP contribution in [0, 0.1) is 0 Å². The van der Waals surface area contributed by atoms with Crippen molar-refractivity contribution in [1.29, 1.82) is 0 Å². The molecule has 0 unspecified atom stereocenters. The lowest BCUT2D eigenvalue weighted by atomic mass is 9.87. The van der Waals surface area contributed by atoms with Crippen molar-refractivity contribution in [2.24, 2.45) is 0 Å². The fourth-order valence-electron chi connectivity index (χ4n) is 4.44. The fraction of sp³-hybridized carbons (Fsp3) is 0.174. The van der Waals surface area contributed by atoms with Crippen LogP contribution in [0.1, 0.15) is 48.9 Å². The molecule has 0 aliphatic heterocycles. The van der Waals surface area contributed by atoms with Crippen LogP contribution in [-0.4, -0.2) is 21.5 Å². The Hall–Kier alpha value is -3.05. The van der Waals surface area contributed by atoms with Crippen molar-refractivity contribution in [3.8, 4) is 11.3 Å². The van der Waals surface area contributed by atoms with Crippen molar-refractivity contribution in [3.63, 3.8) is 0 Å². The monoisotopic (exact) mass is 384 g/mol. The molecule has 2 aliphatic carbocycles. The Labute approximate surface area is 165 Å². The summed E-state index contributed by atoms with van der Waals surface area (Å²) in [4.78, 5) is 28.4. The van der Waals surface area contributed by atoms with E-state index in [1.54, 1.807) is 11.3 Å². The molecule has 0 bridgehead atoms. The van der Waals surface area contributed by atoms with E-state index in [-0.39, 0.29) is 11.7 Å². The zero-order valence-corrected chi connectivity index (χ0v) is 15.9. The number of benzene rings is 2. The molecular formula is C23H16N2O2S. The normalized spacial score (nSPS) is 14.8. The van der Waals surface area contributed by atoms with Crippen LogP contribution in [0.25, 0.3) is 22.2 Å². The summed E-state index contributed by atoms with van der Waals surface area (Å²) in [5.74, 6) is -0.119. The van der Waals surface area contributed by atoms with Crippen LogP contribution in [0.3, 0.4) is 0 Å². The lowest BCUT2D eigenvalue weighted by Gasteiger charge is -2.13. The van der Waals surface area contributed by atoms with E-state index in [0.29, 0.717) is 16.6 Å². The average molecular weight is 384 g/mol. The Kier molecular flexibility index (Phi) is 3.26. The van der Waals surface area contributed by atoms with Gasteiger partial charge in [0.15, 0.2) is 5.78 Å². The molecule has 2 aromatic carbocycles. The van der Waals surface area contributed by atoms with E-state index in [1.807, 2.05) is 48.5 Å². The van der Waals surface area contributed by atoms with Crippen LogP contribution in [0.4, 0.5) is 0 Å². The molecule has 0 spiro atoms. The molecule has 2 aliphatic rings. The van der Waals surface area contributed by atoms with Crippen LogP contribution in [0.15, 0.2) is 48.5 Å². The molecule has 2 aromatic heterocycles. The third kappa shape index (κ3) is 2.08. The number of carbonyl (C=O) groups is 2. The van der Waals surface area contributed by atoms with Gasteiger partial charge in [0.1, 0.15) is 5.69 Å². The zero-order chi connectivity index (χ0) is 18.8. The number of hydrogen-bond donors (Lipinski definition) is 0. The number of nitrogens with zero attached hydrogens (tertiary/aromatic N) is 2. The second-order valence-corrected chi connectivity index (χ2v) is 8.54. The zero-order valence-electron chi connectivity index (χ0n) is 15.1. The Balaban J connectivity index is 1.58. The predicted octanol–water partition coefficient (Wildman–Crippen LogP) is 4.88. The van der Waals surface area contributed by atoms with Gasteiger partial charge in [-0.1, -0.05) is 36.4 Å². The van der Waals surface area contributed by atoms with Crippen molar-refractivity contribution in [3.05, 3.63) is 75.0 Å². The average Bonchev–Trinajstić information content (AvgIpc) is 3.34. The lowest BCUT2D eigenvalue weighted by molar-refractivity contribution is 0.0954. The lowest BCUT2D eigenvalue weighted by Crippen LogP contribution is -2.12. The number of aryl methyl sites for hydroxylation is 2. The fourth-order valence-corrected chi connectivity index (χ4v) is 5.61. The summed E-state index contributed by atoms with van der Waals surface area (Å²) in [5.41, 5.74) is 4.79. The predicted molar refractivity (Wildman–Crippen MR) is 109 cm³/mol. The van der Waals surface area contributed by atoms with Gasteiger partial charge in [-0.3, -0.25) is 9.59 Å². The molecule has 0 amide bonds. The third-order valence-corrected chi connectivity index (χ3v) is 7.00. The topological polar surface area (TPSA) is 52.0 Å². The largest absolute Gasteiger partial charge is 0.289 e. The minimum Gasteiger partial charge on any atom is -0.289 e. The highest BCUT2D eigenvalue weighted by atomic mass is 32.1. The van der Waals surface area contributed by atoms with Gasteiger partial charge in [-0.25, -0.2) is 0 Å². The van der Waals surface area contributed by atoms with Crippen LogP contribution in [0.5, 0.6) is 0 Å². The Morgan fingerprint density at radius 1 is 0.964 bits per heavy atom. The second kappa shape index (κ2) is 5.72. The molecule has 0 saturated carbocycles. The van der Waals surface area contributed by atoms with Gasteiger partial charge in [0.05, 0.1) is 10.4 Å². The summed E-state index contributed by atoms with van der Waals surface area (Å²) in [6.45, 7) is 0. The van der Waals surface area contributed by atoms with Crippen LogP contribution < -0.4 is 0 Å². The molecule has 28 heavy (non-hydrogen) atoms. The maximum Gasteiger partial charge on any atom is 0.288 e. The smallest absolute Gasteiger partial charge is 0.288 e.